The van der Waals surface area contributed by atoms with Crippen molar-refractivity contribution < 1.29 is 28.1 Å². The lowest BCUT2D eigenvalue weighted by molar-refractivity contribution is -0.137. The van der Waals surface area contributed by atoms with Gasteiger partial charge in [0.05, 0.1) is 24.1 Å². The summed E-state index contributed by atoms with van der Waals surface area (Å²) in [7, 11) is 1.51. The molecule has 2 aromatic heterocycles. The van der Waals surface area contributed by atoms with E-state index in [1.807, 2.05) is 0 Å². The molecule has 0 amide bonds. The van der Waals surface area contributed by atoms with Crippen LogP contribution in [0.4, 0.5) is 19.1 Å². The number of aliphatic hydroxyl groups is 2. The SMILES string of the molecule is COc1cccc(-c2nc(N(CO)C(C)O)nc3c2ccc(=O)n3-c2ccc(C(F)(F)F)cc2)c1. The van der Waals surface area contributed by atoms with Crippen LogP contribution in [0.15, 0.2) is 65.5 Å². The van der Waals surface area contributed by atoms with E-state index in [-0.39, 0.29) is 17.3 Å². The number of rotatable bonds is 6. The standard InChI is InChI=1S/C24H21F3N4O4/c1-14(33)30(13-32)23-28-21(15-4-3-5-18(12-15)35-2)19-10-11-20(34)31(22(19)29-23)17-8-6-16(7-9-17)24(25,26)27/h3-12,14,32-33H,13H2,1-2H3. The summed E-state index contributed by atoms with van der Waals surface area (Å²) in [5, 5.41) is 20.3. The molecule has 4 rings (SSSR count). The van der Waals surface area contributed by atoms with Crippen molar-refractivity contribution in [2.24, 2.45) is 0 Å². The summed E-state index contributed by atoms with van der Waals surface area (Å²) in [4.78, 5) is 22.9. The molecule has 0 fully saturated rings. The Balaban J connectivity index is 2.05. The summed E-state index contributed by atoms with van der Waals surface area (Å²) >= 11 is 0. The summed E-state index contributed by atoms with van der Waals surface area (Å²) in [6, 6.07) is 13.8. The fraction of sp³-hybridized carbons (Fsp3) is 0.208. The van der Waals surface area contributed by atoms with Crippen molar-refractivity contribution in [3.63, 3.8) is 0 Å². The van der Waals surface area contributed by atoms with Crippen LogP contribution in [0.1, 0.15) is 12.5 Å². The van der Waals surface area contributed by atoms with Crippen molar-refractivity contribution in [2.45, 2.75) is 19.3 Å². The summed E-state index contributed by atoms with van der Waals surface area (Å²) in [6.45, 7) is 0.779. The molecule has 0 spiro atoms. The number of fused-ring (bicyclic) bond motifs is 1. The first-order chi connectivity index (χ1) is 16.6. The van der Waals surface area contributed by atoms with Crippen molar-refractivity contribution in [3.05, 3.63) is 76.6 Å². The topological polar surface area (TPSA) is 101 Å². The number of hydrogen-bond donors (Lipinski definition) is 2. The summed E-state index contributed by atoms with van der Waals surface area (Å²) in [6.07, 6.45) is -5.71. The van der Waals surface area contributed by atoms with E-state index in [2.05, 4.69) is 9.97 Å². The lowest BCUT2D eigenvalue weighted by Crippen LogP contribution is -2.35. The van der Waals surface area contributed by atoms with Gasteiger partial charge in [-0.05, 0) is 49.4 Å². The van der Waals surface area contributed by atoms with E-state index in [1.165, 1.54) is 38.3 Å². The number of alkyl halides is 3. The highest BCUT2D eigenvalue weighted by atomic mass is 19.4. The van der Waals surface area contributed by atoms with Gasteiger partial charge in [-0.25, -0.2) is 4.98 Å². The first kappa shape index (κ1) is 24.2. The van der Waals surface area contributed by atoms with Crippen LogP contribution in [-0.2, 0) is 6.18 Å². The van der Waals surface area contributed by atoms with Gasteiger partial charge in [-0.1, -0.05) is 12.1 Å². The lowest BCUT2D eigenvalue weighted by Gasteiger charge is -2.24. The average molecular weight is 486 g/mol. The van der Waals surface area contributed by atoms with E-state index in [0.717, 1.165) is 21.6 Å². The Labute approximate surface area is 197 Å². The highest BCUT2D eigenvalue weighted by molar-refractivity contribution is 5.92. The predicted molar refractivity (Wildman–Crippen MR) is 123 cm³/mol. The number of methoxy groups -OCH3 is 1. The number of pyridine rings is 1. The maximum absolute atomic E-state index is 13.1. The number of halogens is 3. The number of anilines is 1. The Morgan fingerprint density at radius 2 is 1.80 bits per heavy atom. The van der Waals surface area contributed by atoms with Crippen LogP contribution in [-0.4, -0.2) is 44.8 Å². The van der Waals surface area contributed by atoms with E-state index < -0.39 is 30.3 Å². The highest BCUT2D eigenvalue weighted by Gasteiger charge is 2.30. The predicted octanol–water partition coefficient (Wildman–Crippen LogP) is 3.57. The molecule has 0 aliphatic heterocycles. The molecule has 0 saturated heterocycles. The monoisotopic (exact) mass is 486 g/mol. The molecular weight excluding hydrogens is 465 g/mol. The van der Waals surface area contributed by atoms with Crippen molar-refractivity contribution in [2.75, 3.05) is 18.7 Å². The summed E-state index contributed by atoms with van der Waals surface area (Å²) < 4.78 is 45.6. The smallest absolute Gasteiger partial charge is 0.416 e. The zero-order valence-corrected chi connectivity index (χ0v) is 18.7. The minimum Gasteiger partial charge on any atom is -0.497 e. The molecule has 0 saturated carbocycles. The van der Waals surface area contributed by atoms with Gasteiger partial charge in [-0.3, -0.25) is 14.3 Å². The number of hydrogen-bond acceptors (Lipinski definition) is 7. The van der Waals surface area contributed by atoms with Crippen molar-refractivity contribution in [1.29, 1.82) is 0 Å². The molecule has 0 aliphatic rings. The average Bonchev–Trinajstić information content (AvgIpc) is 2.83. The van der Waals surface area contributed by atoms with Crippen molar-refractivity contribution in [3.8, 4) is 22.7 Å². The van der Waals surface area contributed by atoms with E-state index in [4.69, 9.17) is 4.74 Å². The van der Waals surface area contributed by atoms with Crippen molar-refractivity contribution >= 4 is 17.0 Å². The van der Waals surface area contributed by atoms with Gasteiger partial charge in [-0.15, -0.1) is 0 Å². The Kier molecular flexibility index (Phi) is 6.46. The molecule has 11 heteroatoms. The molecule has 2 N–H and O–H groups in total. The highest BCUT2D eigenvalue weighted by Crippen LogP contribution is 2.32. The number of aromatic nitrogens is 3. The number of aliphatic hydroxyl groups excluding tert-OH is 2. The molecule has 35 heavy (non-hydrogen) atoms. The summed E-state index contributed by atoms with van der Waals surface area (Å²) in [5.74, 6) is 0.459. The largest absolute Gasteiger partial charge is 0.497 e. The summed E-state index contributed by atoms with van der Waals surface area (Å²) in [5.41, 5.74) is -0.196. The lowest BCUT2D eigenvalue weighted by atomic mass is 10.1. The zero-order chi connectivity index (χ0) is 25.3. The number of benzene rings is 2. The second kappa shape index (κ2) is 9.35. The molecule has 1 atom stereocenters. The molecule has 2 heterocycles. The van der Waals surface area contributed by atoms with Gasteiger partial charge in [0.25, 0.3) is 5.56 Å². The van der Waals surface area contributed by atoms with E-state index in [9.17, 15) is 28.2 Å². The van der Waals surface area contributed by atoms with E-state index in [1.54, 1.807) is 24.3 Å². The molecule has 2 aromatic carbocycles. The van der Waals surface area contributed by atoms with Crippen LogP contribution in [0.25, 0.3) is 28.0 Å². The van der Waals surface area contributed by atoms with Crippen molar-refractivity contribution in [1.82, 2.24) is 14.5 Å². The van der Waals surface area contributed by atoms with Crippen LogP contribution < -0.4 is 15.2 Å². The van der Waals surface area contributed by atoms with Gasteiger partial charge in [0.1, 0.15) is 18.7 Å². The Morgan fingerprint density at radius 3 is 2.40 bits per heavy atom. The van der Waals surface area contributed by atoms with Crippen LogP contribution in [0.3, 0.4) is 0 Å². The Hall–Kier alpha value is -3.96. The zero-order valence-electron chi connectivity index (χ0n) is 18.7. The second-order valence-electron chi connectivity index (χ2n) is 7.64. The van der Waals surface area contributed by atoms with Gasteiger partial charge < -0.3 is 14.9 Å². The third kappa shape index (κ3) is 4.68. The third-order valence-electron chi connectivity index (χ3n) is 5.39. The molecule has 0 bridgehead atoms. The number of ether oxygens (including phenoxy) is 1. The number of nitrogens with zero attached hydrogens (tertiary/aromatic N) is 4. The molecule has 0 aliphatic carbocycles. The molecule has 4 aromatic rings. The van der Waals surface area contributed by atoms with Crippen LogP contribution in [0, 0.1) is 0 Å². The van der Waals surface area contributed by atoms with Gasteiger partial charge >= 0.3 is 6.18 Å². The van der Waals surface area contributed by atoms with Crippen LogP contribution in [0.2, 0.25) is 0 Å². The molecule has 0 radical (unpaired) electrons. The molecule has 182 valence electrons. The molecular formula is C24H21F3N4O4. The fourth-order valence-corrected chi connectivity index (χ4v) is 3.62. The first-order valence-electron chi connectivity index (χ1n) is 10.5. The van der Waals surface area contributed by atoms with Gasteiger partial charge in [0, 0.05) is 17.0 Å². The normalized spacial score (nSPS) is 12.5. The quantitative estimate of drug-likeness (QED) is 0.402. The van der Waals surface area contributed by atoms with Gasteiger partial charge in [-0.2, -0.15) is 18.2 Å². The van der Waals surface area contributed by atoms with Crippen LogP contribution >= 0.6 is 0 Å². The minimum absolute atomic E-state index is 0.0826. The van der Waals surface area contributed by atoms with Gasteiger partial charge in [0.2, 0.25) is 5.95 Å². The second-order valence-corrected chi connectivity index (χ2v) is 7.64. The Bertz CT molecular complexity index is 1420. The van der Waals surface area contributed by atoms with Crippen LogP contribution in [0.5, 0.6) is 5.75 Å². The first-order valence-corrected chi connectivity index (χ1v) is 10.5. The fourth-order valence-electron chi connectivity index (χ4n) is 3.62. The maximum Gasteiger partial charge on any atom is 0.416 e. The Morgan fingerprint density at radius 1 is 1.09 bits per heavy atom. The molecule has 1 unspecified atom stereocenters. The minimum atomic E-state index is -4.53. The van der Waals surface area contributed by atoms with E-state index in [0.29, 0.717) is 22.4 Å². The van der Waals surface area contributed by atoms with Gasteiger partial charge in [0.15, 0.2) is 5.65 Å². The molecule has 8 nitrogen and oxygen atoms in total. The third-order valence-corrected chi connectivity index (χ3v) is 5.39. The van der Waals surface area contributed by atoms with E-state index >= 15 is 0 Å². The maximum atomic E-state index is 13.1.